The van der Waals surface area contributed by atoms with Crippen LogP contribution in [-0.2, 0) is 5.41 Å². The maximum atomic E-state index is 5.07. The number of hydrogen-bond acceptors (Lipinski definition) is 3. The molecule has 3 nitrogen and oxygen atoms in total. The van der Waals surface area contributed by atoms with Gasteiger partial charge in [-0.1, -0.05) is 190 Å². The first-order valence-corrected chi connectivity index (χ1v) is 22.6. The van der Waals surface area contributed by atoms with E-state index in [9.17, 15) is 0 Å². The maximum Gasteiger partial charge on any atom is 0.164 e. The highest BCUT2D eigenvalue weighted by Crippen LogP contribution is 2.49. The van der Waals surface area contributed by atoms with Gasteiger partial charge in [0.2, 0.25) is 0 Å². The van der Waals surface area contributed by atoms with Gasteiger partial charge in [-0.3, -0.25) is 0 Å². The molecule has 8 aromatic rings. The quantitative estimate of drug-likeness (QED) is 0.154. The van der Waals surface area contributed by atoms with Gasteiger partial charge in [0.25, 0.3) is 0 Å². The molecule has 1 aromatic heterocycles. The first-order valence-electron chi connectivity index (χ1n) is 19.1. The zero-order valence-electron chi connectivity index (χ0n) is 32.0. The molecule has 0 amide bonds. The zero-order chi connectivity index (χ0) is 37.7. The smallest absolute Gasteiger partial charge is 0.164 e. The molecule has 0 radical (unpaired) electrons. The first kappa shape index (κ1) is 34.5. The van der Waals surface area contributed by atoms with E-state index in [1.807, 2.05) is 36.4 Å². The van der Waals surface area contributed by atoms with Crippen LogP contribution < -0.4 is 5.19 Å². The third-order valence-electron chi connectivity index (χ3n) is 11.1. The van der Waals surface area contributed by atoms with Crippen molar-refractivity contribution >= 4 is 13.3 Å². The minimum absolute atomic E-state index is 0.0450. The van der Waals surface area contributed by atoms with Crippen molar-refractivity contribution in [2.24, 2.45) is 0 Å². The first-order chi connectivity index (χ1) is 26.6. The fourth-order valence-electron chi connectivity index (χ4n) is 7.90. The third kappa shape index (κ3) is 6.53. The summed E-state index contributed by atoms with van der Waals surface area (Å²) in [5, 5.41) is 1.52. The summed E-state index contributed by atoms with van der Waals surface area (Å²) in [5.74, 6) is 1.94. The van der Waals surface area contributed by atoms with Gasteiger partial charge >= 0.3 is 0 Å². The lowest BCUT2D eigenvalue weighted by Gasteiger charge is -2.24. The standard InChI is InChI=1S/C51H43N3Si/c1-51(2)46-32-40(26-28-44(46)45-29-27-43(33-47(45)51)55(3,4)5)36-24-22-35(23-25-36)39-19-13-21-42(31-39)50-53-48(37-16-10-7-11-17-37)52-49(54-50)41-20-12-18-38(30-41)34-14-8-6-9-15-34/h6-33H,1-5H3. The predicted octanol–water partition coefficient (Wildman–Crippen LogP) is 12.7. The van der Waals surface area contributed by atoms with Crippen molar-refractivity contribution in [1.29, 1.82) is 0 Å². The summed E-state index contributed by atoms with van der Waals surface area (Å²) in [6, 6.07) is 60.7. The summed E-state index contributed by atoms with van der Waals surface area (Å²) in [6.07, 6.45) is 0. The second kappa shape index (κ2) is 13.6. The summed E-state index contributed by atoms with van der Waals surface area (Å²) >= 11 is 0. The molecule has 0 aliphatic heterocycles. The highest BCUT2D eigenvalue weighted by Gasteiger charge is 2.36. The number of rotatable bonds is 7. The van der Waals surface area contributed by atoms with Crippen LogP contribution in [-0.4, -0.2) is 23.0 Å². The van der Waals surface area contributed by atoms with Gasteiger partial charge < -0.3 is 0 Å². The molecule has 1 heterocycles. The van der Waals surface area contributed by atoms with Crippen LogP contribution in [0.4, 0.5) is 0 Å². The van der Waals surface area contributed by atoms with Crippen LogP contribution in [0.2, 0.25) is 19.6 Å². The van der Waals surface area contributed by atoms with E-state index in [4.69, 9.17) is 15.0 Å². The molecular formula is C51H43N3Si. The molecule has 7 aromatic carbocycles. The number of fused-ring (bicyclic) bond motifs is 3. The van der Waals surface area contributed by atoms with Gasteiger partial charge in [-0.05, 0) is 73.8 Å². The Morgan fingerprint density at radius 1 is 0.345 bits per heavy atom. The lowest BCUT2D eigenvalue weighted by atomic mass is 9.81. The van der Waals surface area contributed by atoms with E-state index in [1.54, 1.807) is 0 Å². The van der Waals surface area contributed by atoms with Crippen molar-refractivity contribution in [3.05, 3.63) is 181 Å². The van der Waals surface area contributed by atoms with E-state index in [1.165, 1.54) is 38.6 Å². The molecule has 0 saturated heterocycles. The molecule has 0 saturated carbocycles. The van der Waals surface area contributed by atoms with Gasteiger partial charge in [-0.2, -0.15) is 0 Å². The Bertz CT molecular complexity index is 2690. The maximum absolute atomic E-state index is 5.07. The topological polar surface area (TPSA) is 38.7 Å². The summed E-state index contributed by atoms with van der Waals surface area (Å²) in [6.45, 7) is 12.1. The van der Waals surface area contributed by atoms with Gasteiger partial charge in [0.05, 0.1) is 8.07 Å². The zero-order valence-corrected chi connectivity index (χ0v) is 33.0. The summed E-state index contributed by atoms with van der Waals surface area (Å²) < 4.78 is 0. The number of hydrogen-bond donors (Lipinski definition) is 0. The Morgan fingerprint density at radius 2 is 0.727 bits per heavy atom. The molecule has 0 N–H and O–H groups in total. The predicted molar refractivity (Wildman–Crippen MR) is 233 cm³/mol. The molecule has 9 rings (SSSR count). The van der Waals surface area contributed by atoms with E-state index >= 15 is 0 Å². The number of benzene rings is 7. The van der Waals surface area contributed by atoms with Gasteiger partial charge in [0, 0.05) is 22.1 Å². The Labute approximate surface area is 325 Å². The van der Waals surface area contributed by atoms with Gasteiger partial charge in [-0.25, -0.2) is 15.0 Å². The molecule has 4 heteroatoms. The number of nitrogens with zero attached hydrogens (tertiary/aromatic N) is 3. The summed E-state index contributed by atoms with van der Waals surface area (Å²) in [4.78, 5) is 15.1. The summed E-state index contributed by atoms with van der Waals surface area (Å²) in [7, 11) is -1.42. The Hall–Kier alpha value is -6.23. The van der Waals surface area contributed by atoms with E-state index in [0.29, 0.717) is 17.5 Å². The van der Waals surface area contributed by atoms with Crippen molar-refractivity contribution in [1.82, 2.24) is 15.0 Å². The van der Waals surface area contributed by atoms with E-state index in [-0.39, 0.29) is 5.41 Å². The van der Waals surface area contributed by atoms with E-state index < -0.39 is 8.07 Å². The second-order valence-corrected chi connectivity index (χ2v) is 21.3. The van der Waals surface area contributed by atoms with Crippen LogP contribution in [0.3, 0.4) is 0 Å². The Morgan fingerprint density at radius 3 is 1.25 bits per heavy atom. The summed E-state index contributed by atoms with van der Waals surface area (Å²) in [5.41, 5.74) is 15.4. The van der Waals surface area contributed by atoms with Crippen LogP contribution in [0.1, 0.15) is 25.0 Å². The molecule has 0 fully saturated rings. The molecular weight excluding hydrogens is 683 g/mol. The minimum atomic E-state index is -1.42. The molecule has 1 aliphatic rings. The van der Waals surface area contributed by atoms with Crippen LogP contribution in [0, 0.1) is 0 Å². The van der Waals surface area contributed by atoms with Crippen LogP contribution in [0.15, 0.2) is 170 Å². The average molecular weight is 726 g/mol. The van der Waals surface area contributed by atoms with Crippen LogP contribution in [0.5, 0.6) is 0 Å². The highest BCUT2D eigenvalue weighted by atomic mass is 28.3. The highest BCUT2D eigenvalue weighted by molar-refractivity contribution is 6.88. The minimum Gasteiger partial charge on any atom is -0.208 e. The lowest BCUT2D eigenvalue weighted by molar-refractivity contribution is 0.661. The normalized spacial score (nSPS) is 13.0. The van der Waals surface area contributed by atoms with Gasteiger partial charge in [-0.15, -0.1) is 0 Å². The monoisotopic (exact) mass is 725 g/mol. The average Bonchev–Trinajstić information content (AvgIpc) is 3.46. The largest absolute Gasteiger partial charge is 0.208 e. The number of aromatic nitrogens is 3. The molecule has 0 unspecified atom stereocenters. The van der Waals surface area contributed by atoms with Gasteiger partial charge in [0.15, 0.2) is 17.5 Å². The van der Waals surface area contributed by atoms with E-state index in [0.717, 1.165) is 38.9 Å². The molecule has 0 atom stereocenters. The third-order valence-corrected chi connectivity index (χ3v) is 13.2. The fraction of sp³-hybridized carbons (Fsp3) is 0.118. The van der Waals surface area contributed by atoms with Crippen molar-refractivity contribution in [3.63, 3.8) is 0 Å². The van der Waals surface area contributed by atoms with Crippen molar-refractivity contribution in [2.75, 3.05) is 0 Å². The van der Waals surface area contributed by atoms with E-state index in [2.05, 4.69) is 167 Å². The fourth-order valence-corrected chi connectivity index (χ4v) is 9.06. The SMILES string of the molecule is CC1(C)c2cc(-c3ccc(-c4cccc(-c5nc(-c6ccccc6)nc(-c6cccc(-c7ccccc7)c6)n5)c4)cc3)ccc2-c2ccc([Si](C)(C)C)cc21. The van der Waals surface area contributed by atoms with Crippen molar-refractivity contribution in [2.45, 2.75) is 38.9 Å². The molecule has 55 heavy (non-hydrogen) atoms. The molecule has 0 bridgehead atoms. The van der Waals surface area contributed by atoms with Crippen LogP contribution in [0.25, 0.3) is 78.7 Å². The Balaban J connectivity index is 1.04. The Kier molecular flexibility index (Phi) is 8.51. The molecule has 266 valence electrons. The van der Waals surface area contributed by atoms with Crippen molar-refractivity contribution < 1.29 is 0 Å². The van der Waals surface area contributed by atoms with Crippen LogP contribution >= 0.6 is 0 Å². The molecule has 1 aliphatic carbocycles. The lowest BCUT2D eigenvalue weighted by Crippen LogP contribution is -2.38. The van der Waals surface area contributed by atoms with Gasteiger partial charge in [0.1, 0.15) is 0 Å². The second-order valence-electron chi connectivity index (χ2n) is 16.2. The molecule has 0 spiro atoms. The van der Waals surface area contributed by atoms with Crippen molar-refractivity contribution in [3.8, 4) is 78.7 Å².